The van der Waals surface area contributed by atoms with E-state index in [1.807, 2.05) is 0 Å². The van der Waals surface area contributed by atoms with Crippen LogP contribution in [0.25, 0.3) is 0 Å². The third-order valence-electron chi connectivity index (χ3n) is 3.56. The molecule has 0 atom stereocenters. The molecular weight excluding hydrogens is 244 g/mol. The van der Waals surface area contributed by atoms with E-state index in [0.717, 1.165) is 13.0 Å². The van der Waals surface area contributed by atoms with Crippen LogP contribution in [0.5, 0.6) is 0 Å². The molecule has 0 bridgehead atoms. The van der Waals surface area contributed by atoms with E-state index in [-0.39, 0.29) is 11.4 Å². The minimum Gasteiger partial charge on any atom is -0.369 e. The Hall–Kier alpha value is -2.16. The molecule has 1 N–H and O–H groups in total. The number of nitrogens with one attached hydrogen (secondary N) is 1. The van der Waals surface area contributed by atoms with E-state index in [0.29, 0.717) is 11.2 Å². The van der Waals surface area contributed by atoms with Crippen molar-refractivity contribution in [2.45, 2.75) is 32.6 Å². The molecule has 100 valence electrons. The number of anilines is 1. The summed E-state index contributed by atoms with van der Waals surface area (Å²) in [5.41, 5.74) is -0.0246. The molecule has 1 aromatic rings. The molecule has 6 nitrogen and oxygen atoms in total. The lowest BCUT2D eigenvalue weighted by Gasteiger charge is -2.15. The number of aromatic nitrogens is 1. The average Bonchev–Trinajstić information content (AvgIpc) is 3.16. The van der Waals surface area contributed by atoms with E-state index in [1.54, 1.807) is 12.1 Å². The smallest absolute Gasteiger partial charge is 0.305 e. The Kier molecular flexibility index (Phi) is 3.65. The van der Waals surface area contributed by atoms with Crippen molar-refractivity contribution in [3.8, 4) is 6.07 Å². The maximum absolute atomic E-state index is 10.7. The summed E-state index contributed by atoms with van der Waals surface area (Å²) in [6.07, 6.45) is 4.76. The predicted molar refractivity (Wildman–Crippen MR) is 70.7 cm³/mol. The Morgan fingerprint density at radius 2 is 2.32 bits per heavy atom. The molecule has 1 heterocycles. The molecule has 6 heteroatoms. The highest BCUT2D eigenvalue weighted by molar-refractivity contribution is 5.50. The quantitative estimate of drug-likeness (QED) is 0.627. The second-order valence-electron chi connectivity index (χ2n) is 5.04. The standard InChI is InChI=1S/C13H16N4O2/c1-2-5-13(6-7-13)9-15-12-4-3-11(17(18)19)10(8-14)16-12/h3-4H,2,5-7,9H2,1H3,(H,15,16). The first kappa shape index (κ1) is 13.3. The van der Waals surface area contributed by atoms with Crippen molar-refractivity contribution in [1.82, 2.24) is 4.98 Å². The monoisotopic (exact) mass is 260 g/mol. The summed E-state index contributed by atoms with van der Waals surface area (Å²) in [6.45, 7) is 2.98. The van der Waals surface area contributed by atoms with E-state index in [4.69, 9.17) is 5.26 Å². The number of nitrogens with zero attached hydrogens (tertiary/aromatic N) is 3. The molecule has 0 unspecified atom stereocenters. The Bertz CT molecular complexity index is 532. The van der Waals surface area contributed by atoms with Crippen LogP contribution in [-0.2, 0) is 0 Å². The molecule has 0 saturated heterocycles. The van der Waals surface area contributed by atoms with E-state index in [1.165, 1.54) is 25.3 Å². The summed E-state index contributed by atoms with van der Waals surface area (Å²) in [6, 6.07) is 4.65. The third-order valence-corrected chi connectivity index (χ3v) is 3.56. The van der Waals surface area contributed by atoms with Crippen LogP contribution in [0.1, 0.15) is 38.3 Å². The summed E-state index contributed by atoms with van der Waals surface area (Å²) in [7, 11) is 0. The molecule has 0 spiro atoms. The van der Waals surface area contributed by atoms with Crippen LogP contribution in [0.4, 0.5) is 11.5 Å². The summed E-state index contributed by atoms with van der Waals surface area (Å²) < 4.78 is 0. The molecule has 1 fully saturated rings. The first-order valence-electron chi connectivity index (χ1n) is 6.40. The maximum atomic E-state index is 10.7. The topological polar surface area (TPSA) is 91.9 Å². The first-order chi connectivity index (χ1) is 9.10. The van der Waals surface area contributed by atoms with Gasteiger partial charge in [-0.05, 0) is 30.7 Å². The summed E-state index contributed by atoms with van der Waals surface area (Å²) in [4.78, 5) is 14.1. The highest BCUT2D eigenvalue weighted by atomic mass is 16.6. The lowest BCUT2D eigenvalue weighted by atomic mass is 10.0. The minimum atomic E-state index is -0.588. The fourth-order valence-electron chi connectivity index (χ4n) is 2.28. The van der Waals surface area contributed by atoms with Gasteiger partial charge >= 0.3 is 5.69 Å². The van der Waals surface area contributed by atoms with Crippen LogP contribution < -0.4 is 5.32 Å². The van der Waals surface area contributed by atoms with E-state index in [9.17, 15) is 10.1 Å². The molecule has 0 aromatic carbocycles. The lowest BCUT2D eigenvalue weighted by Crippen LogP contribution is -2.16. The summed E-state index contributed by atoms with van der Waals surface area (Å²) in [5.74, 6) is 0.532. The maximum Gasteiger partial charge on any atom is 0.305 e. The van der Waals surface area contributed by atoms with Crippen molar-refractivity contribution in [3.63, 3.8) is 0 Å². The largest absolute Gasteiger partial charge is 0.369 e. The molecule has 1 aromatic heterocycles. The molecule has 2 rings (SSSR count). The highest BCUT2D eigenvalue weighted by Crippen LogP contribution is 2.49. The van der Waals surface area contributed by atoms with Crippen LogP contribution in [0, 0.1) is 26.9 Å². The van der Waals surface area contributed by atoms with Gasteiger partial charge in [-0.25, -0.2) is 4.98 Å². The van der Waals surface area contributed by atoms with Gasteiger partial charge in [0.25, 0.3) is 0 Å². The van der Waals surface area contributed by atoms with Crippen LogP contribution in [0.15, 0.2) is 12.1 Å². The number of nitro groups is 1. The molecule has 0 aliphatic heterocycles. The van der Waals surface area contributed by atoms with Crippen molar-refractivity contribution in [1.29, 1.82) is 5.26 Å². The molecule has 0 amide bonds. The van der Waals surface area contributed by atoms with Crippen molar-refractivity contribution >= 4 is 11.5 Å². The Morgan fingerprint density at radius 1 is 1.58 bits per heavy atom. The van der Waals surface area contributed by atoms with Crippen LogP contribution in [0.2, 0.25) is 0 Å². The van der Waals surface area contributed by atoms with E-state index in [2.05, 4.69) is 17.2 Å². The van der Waals surface area contributed by atoms with Crippen LogP contribution >= 0.6 is 0 Å². The number of hydrogen-bond acceptors (Lipinski definition) is 5. The second kappa shape index (κ2) is 5.22. The van der Waals surface area contributed by atoms with Crippen LogP contribution in [-0.4, -0.2) is 16.5 Å². The highest BCUT2D eigenvalue weighted by Gasteiger charge is 2.41. The first-order valence-corrected chi connectivity index (χ1v) is 6.40. The van der Waals surface area contributed by atoms with Crippen LogP contribution in [0.3, 0.4) is 0 Å². The zero-order valence-electron chi connectivity index (χ0n) is 10.8. The Morgan fingerprint density at radius 3 is 2.84 bits per heavy atom. The van der Waals surface area contributed by atoms with Gasteiger partial charge in [-0.3, -0.25) is 10.1 Å². The molecule has 19 heavy (non-hydrogen) atoms. The fourth-order valence-corrected chi connectivity index (χ4v) is 2.28. The lowest BCUT2D eigenvalue weighted by molar-refractivity contribution is -0.385. The predicted octanol–water partition coefficient (Wildman–Crippen LogP) is 2.85. The summed E-state index contributed by atoms with van der Waals surface area (Å²) >= 11 is 0. The summed E-state index contributed by atoms with van der Waals surface area (Å²) in [5, 5.41) is 22.8. The van der Waals surface area contributed by atoms with Crippen molar-refractivity contribution in [2.75, 3.05) is 11.9 Å². The molecule has 1 aliphatic carbocycles. The molecule has 0 radical (unpaired) electrons. The zero-order valence-corrected chi connectivity index (χ0v) is 10.8. The molecule has 1 saturated carbocycles. The average molecular weight is 260 g/mol. The van der Waals surface area contributed by atoms with Gasteiger partial charge in [0.05, 0.1) is 4.92 Å². The SMILES string of the molecule is CCCC1(CNc2ccc([N+](=O)[O-])c(C#N)n2)CC1. The number of rotatable bonds is 6. The van der Waals surface area contributed by atoms with Gasteiger partial charge in [-0.2, -0.15) is 5.26 Å². The van der Waals surface area contributed by atoms with Crippen molar-refractivity contribution in [3.05, 3.63) is 27.9 Å². The van der Waals surface area contributed by atoms with Crippen molar-refractivity contribution in [2.24, 2.45) is 5.41 Å². The van der Waals surface area contributed by atoms with Crippen molar-refractivity contribution < 1.29 is 4.92 Å². The second-order valence-corrected chi connectivity index (χ2v) is 5.04. The normalized spacial score (nSPS) is 15.6. The van der Waals surface area contributed by atoms with E-state index >= 15 is 0 Å². The van der Waals surface area contributed by atoms with Gasteiger partial charge in [-0.1, -0.05) is 13.3 Å². The third kappa shape index (κ3) is 2.99. The van der Waals surface area contributed by atoms with Gasteiger partial charge in [0.1, 0.15) is 11.9 Å². The number of nitriles is 1. The Labute approximate surface area is 111 Å². The van der Waals surface area contributed by atoms with E-state index < -0.39 is 4.92 Å². The van der Waals surface area contributed by atoms with Gasteiger partial charge in [0.2, 0.25) is 5.69 Å². The van der Waals surface area contributed by atoms with Gasteiger partial charge in [0.15, 0.2) is 0 Å². The minimum absolute atomic E-state index is 0.143. The molecule has 1 aliphatic rings. The van der Waals surface area contributed by atoms with Gasteiger partial charge < -0.3 is 5.32 Å². The van der Waals surface area contributed by atoms with Gasteiger partial charge in [-0.15, -0.1) is 0 Å². The zero-order chi connectivity index (χ0) is 13.9. The Balaban J connectivity index is 2.06. The number of pyridine rings is 1. The number of hydrogen-bond donors (Lipinski definition) is 1. The van der Waals surface area contributed by atoms with Gasteiger partial charge in [0, 0.05) is 12.6 Å². The fraction of sp³-hybridized carbons (Fsp3) is 0.538. The molecular formula is C13H16N4O2.